The SMILES string of the molecule is COc1ccc([C@@H]2[C@@H](/C=C/C(=O)c3ccc(Br)cc3)[C@H]2C(=O)c2ccc(Br)cc2)cc1. The summed E-state index contributed by atoms with van der Waals surface area (Å²) in [5.74, 6) is 0.628. The summed E-state index contributed by atoms with van der Waals surface area (Å²) in [6.07, 6.45) is 3.49. The van der Waals surface area contributed by atoms with Crippen LogP contribution in [0.3, 0.4) is 0 Å². The lowest BCUT2D eigenvalue weighted by molar-refractivity contribution is 0.0960. The van der Waals surface area contributed by atoms with Gasteiger partial charge in [0.15, 0.2) is 11.6 Å². The number of hydrogen-bond acceptors (Lipinski definition) is 3. The first kappa shape index (κ1) is 21.7. The first-order chi connectivity index (χ1) is 15.0. The molecule has 3 aromatic carbocycles. The van der Waals surface area contributed by atoms with Crippen LogP contribution in [0.15, 0.2) is 93.9 Å². The zero-order chi connectivity index (χ0) is 22.0. The molecule has 0 heterocycles. The van der Waals surface area contributed by atoms with Crippen LogP contribution in [0.4, 0.5) is 0 Å². The molecule has 1 saturated carbocycles. The average Bonchev–Trinajstić information content (AvgIpc) is 3.52. The number of benzene rings is 3. The third kappa shape index (κ3) is 4.89. The molecule has 0 aromatic heterocycles. The number of ketones is 2. The Hall–Kier alpha value is -2.50. The number of ether oxygens (including phenoxy) is 1. The molecule has 0 aliphatic heterocycles. The molecule has 156 valence electrons. The Bertz CT molecular complexity index is 1120. The second-order valence-corrected chi connectivity index (χ2v) is 9.33. The molecule has 3 nitrogen and oxygen atoms in total. The number of halogens is 2. The molecule has 3 aromatic rings. The summed E-state index contributed by atoms with van der Waals surface area (Å²) in [7, 11) is 1.63. The Kier molecular flexibility index (Phi) is 6.54. The lowest BCUT2D eigenvalue weighted by Gasteiger charge is -2.03. The predicted octanol–water partition coefficient (Wildman–Crippen LogP) is 6.87. The van der Waals surface area contributed by atoms with Crippen molar-refractivity contribution in [3.63, 3.8) is 0 Å². The molecule has 31 heavy (non-hydrogen) atoms. The zero-order valence-electron chi connectivity index (χ0n) is 16.8. The van der Waals surface area contributed by atoms with Crippen LogP contribution in [0.25, 0.3) is 0 Å². The monoisotopic (exact) mass is 538 g/mol. The molecule has 0 saturated heterocycles. The highest BCUT2D eigenvalue weighted by atomic mass is 79.9. The summed E-state index contributed by atoms with van der Waals surface area (Å²) in [4.78, 5) is 25.8. The van der Waals surface area contributed by atoms with Crippen LogP contribution < -0.4 is 4.74 Å². The maximum Gasteiger partial charge on any atom is 0.185 e. The van der Waals surface area contributed by atoms with Gasteiger partial charge >= 0.3 is 0 Å². The number of hydrogen-bond donors (Lipinski definition) is 0. The molecule has 1 aliphatic carbocycles. The Morgan fingerprint density at radius 3 is 1.90 bits per heavy atom. The largest absolute Gasteiger partial charge is 0.497 e. The van der Waals surface area contributed by atoms with Crippen LogP contribution in [-0.2, 0) is 0 Å². The van der Waals surface area contributed by atoms with Gasteiger partial charge in [-0.3, -0.25) is 9.59 Å². The second-order valence-electron chi connectivity index (χ2n) is 7.50. The van der Waals surface area contributed by atoms with Crippen molar-refractivity contribution in [3.8, 4) is 5.75 Å². The summed E-state index contributed by atoms with van der Waals surface area (Å²) in [6, 6.07) is 22.5. The molecular formula is C26H20Br2O3. The van der Waals surface area contributed by atoms with E-state index in [-0.39, 0.29) is 29.3 Å². The van der Waals surface area contributed by atoms with Crippen LogP contribution in [0.2, 0.25) is 0 Å². The van der Waals surface area contributed by atoms with Gasteiger partial charge in [0.2, 0.25) is 0 Å². The van der Waals surface area contributed by atoms with Gasteiger partial charge in [-0.05, 0) is 66.1 Å². The fourth-order valence-electron chi connectivity index (χ4n) is 3.88. The standard InChI is InChI=1S/C26H20Br2O3/c1-31-21-12-6-17(7-13-21)24-22(14-15-23(29)16-2-8-19(27)9-3-16)25(24)26(30)18-4-10-20(28)11-5-18/h2-15,22,24-25H,1H3/b15-14+/t22-,24-,25-/m1/s1. The predicted molar refractivity (Wildman–Crippen MR) is 129 cm³/mol. The normalized spacial score (nSPS) is 19.9. The van der Waals surface area contributed by atoms with Crippen LogP contribution in [-0.4, -0.2) is 18.7 Å². The summed E-state index contributed by atoms with van der Waals surface area (Å²) < 4.78 is 7.11. The van der Waals surface area contributed by atoms with Gasteiger partial charge in [-0.1, -0.05) is 62.2 Å². The molecular weight excluding hydrogens is 520 g/mol. The van der Waals surface area contributed by atoms with Crippen LogP contribution in [0, 0.1) is 11.8 Å². The van der Waals surface area contributed by atoms with Crippen LogP contribution in [0.5, 0.6) is 5.75 Å². The highest BCUT2D eigenvalue weighted by Gasteiger charge is 2.53. The summed E-state index contributed by atoms with van der Waals surface area (Å²) in [5, 5.41) is 0. The first-order valence-electron chi connectivity index (χ1n) is 9.90. The third-order valence-corrected chi connectivity index (χ3v) is 6.66. The van der Waals surface area contributed by atoms with Crippen LogP contribution >= 0.6 is 31.9 Å². The number of carbonyl (C=O) groups is 2. The Labute approximate surface area is 198 Å². The molecule has 0 unspecified atom stereocenters. The minimum atomic E-state index is -0.191. The van der Waals surface area contributed by atoms with Crippen molar-refractivity contribution in [3.05, 3.63) is 111 Å². The fourth-order valence-corrected chi connectivity index (χ4v) is 4.41. The van der Waals surface area contributed by atoms with Gasteiger partial charge in [0.05, 0.1) is 7.11 Å². The van der Waals surface area contributed by atoms with Gasteiger partial charge in [-0.25, -0.2) is 0 Å². The molecule has 5 heteroatoms. The minimum Gasteiger partial charge on any atom is -0.497 e. The maximum absolute atomic E-state index is 13.2. The fraction of sp³-hybridized carbons (Fsp3) is 0.154. The zero-order valence-corrected chi connectivity index (χ0v) is 20.0. The van der Waals surface area contributed by atoms with E-state index in [2.05, 4.69) is 31.9 Å². The second kappa shape index (κ2) is 9.33. The number of allylic oxidation sites excluding steroid dienone is 2. The van der Waals surface area contributed by atoms with E-state index >= 15 is 0 Å². The Balaban J connectivity index is 1.58. The average molecular weight is 540 g/mol. The smallest absolute Gasteiger partial charge is 0.185 e. The summed E-state index contributed by atoms with van der Waals surface area (Å²) in [5.41, 5.74) is 2.38. The Morgan fingerprint density at radius 1 is 0.806 bits per heavy atom. The van der Waals surface area contributed by atoms with Crippen molar-refractivity contribution in [2.24, 2.45) is 11.8 Å². The molecule has 0 amide bonds. The van der Waals surface area contributed by atoms with Crippen LogP contribution in [0.1, 0.15) is 32.2 Å². The van der Waals surface area contributed by atoms with E-state index in [4.69, 9.17) is 4.74 Å². The highest BCUT2D eigenvalue weighted by molar-refractivity contribution is 9.10. The highest BCUT2D eigenvalue weighted by Crippen LogP contribution is 2.56. The lowest BCUT2D eigenvalue weighted by atomic mass is 10.0. The van der Waals surface area contributed by atoms with Crippen molar-refractivity contribution in [1.29, 1.82) is 0 Å². The molecule has 4 rings (SSSR count). The van der Waals surface area contributed by atoms with E-state index in [1.165, 1.54) is 0 Å². The van der Waals surface area contributed by atoms with E-state index in [0.717, 1.165) is 20.3 Å². The molecule has 0 N–H and O–H groups in total. The number of Topliss-reactive ketones (excluding diaryl/α,β-unsaturated/α-hetero) is 1. The topological polar surface area (TPSA) is 43.4 Å². The van der Waals surface area contributed by atoms with Gasteiger partial charge < -0.3 is 4.74 Å². The van der Waals surface area contributed by atoms with E-state index in [0.29, 0.717) is 11.1 Å². The van der Waals surface area contributed by atoms with Crippen molar-refractivity contribution in [2.75, 3.05) is 7.11 Å². The summed E-state index contributed by atoms with van der Waals surface area (Å²) in [6.45, 7) is 0. The maximum atomic E-state index is 13.2. The van der Waals surface area contributed by atoms with Gasteiger partial charge in [-0.2, -0.15) is 0 Å². The summed E-state index contributed by atoms with van der Waals surface area (Å²) >= 11 is 6.80. The van der Waals surface area contributed by atoms with Crippen molar-refractivity contribution >= 4 is 43.4 Å². The van der Waals surface area contributed by atoms with E-state index in [1.54, 1.807) is 25.3 Å². The molecule has 0 bridgehead atoms. The lowest BCUT2D eigenvalue weighted by Crippen LogP contribution is -2.04. The van der Waals surface area contributed by atoms with Gasteiger partial charge in [0.1, 0.15) is 5.75 Å². The quantitative estimate of drug-likeness (QED) is 0.243. The van der Waals surface area contributed by atoms with E-state index in [1.807, 2.05) is 66.7 Å². The number of rotatable bonds is 7. The molecule has 0 spiro atoms. The van der Waals surface area contributed by atoms with Crippen molar-refractivity contribution in [2.45, 2.75) is 5.92 Å². The molecule has 0 radical (unpaired) electrons. The Morgan fingerprint density at radius 2 is 1.35 bits per heavy atom. The van der Waals surface area contributed by atoms with Gasteiger partial charge in [0, 0.05) is 31.9 Å². The van der Waals surface area contributed by atoms with Gasteiger partial charge in [-0.15, -0.1) is 0 Å². The van der Waals surface area contributed by atoms with Crippen molar-refractivity contribution in [1.82, 2.24) is 0 Å². The van der Waals surface area contributed by atoms with Gasteiger partial charge in [0.25, 0.3) is 0 Å². The molecule has 3 atom stereocenters. The first-order valence-corrected chi connectivity index (χ1v) is 11.5. The molecule has 1 aliphatic rings. The molecule has 1 fully saturated rings. The number of carbonyl (C=O) groups excluding carboxylic acids is 2. The van der Waals surface area contributed by atoms with E-state index in [9.17, 15) is 9.59 Å². The number of methoxy groups -OCH3 is 1. The third-order valence-electron chi connectivity index (χ3n) is 5.61. The van der Waals surface area contributed by atoms with Crippen molar-refractivity contribution < 1.29 is 14.3 Å². The minimum absolute atomic E-state index is 0.0241. The van der Waals surface area contributed by atoms with E-state index < -0.39 is 0 Å².